The maximum absolute atomic E-state index is 11.9. The highest BCUT2D eigenvalue weighted by Gasteiger charge is 2.20. The first kappa shape index (κ1) is 19.8. The fourth-order valence-electron chi connectivity index (χ4n) is 4.58. The number of nitrogens with one attached hydrogen (secondary N) is 3. The van der Waals surface area contributed by atoms with Crippen molar-refractivity contribution in [2.24, 2.45) is 0 Å². The Balaban J connectivity index is 1.28. The average Bonchev–Trinajstić information content (AvgIpc) is 3.43. The Kier molecular flexibility index (Phi) is 4.73. The summed E-state index contributed by atoms with van der Waals surface area (Å²) in [6, 6.07) is 12.2. The van der Waals surface area contributed by atoms with E-state index in [0.29, 0.717) is 6.54 Å². The zero-order valence-corrected chi connectivity index (χ0v) is 18.4. The maximum Gasteiger partial charge on any atom is 0.251 e. The minimum atomic E-state index is -0.00285. The number of fused-ring (bicyclic) bond motifs is 2. The second-order valence-electron chi connectivity index (χ2n) is 8.70. The van der Waals surface area contributed by atoms with Crippen molar-refractivity contribution < 1.29 is 4.79 Å². The average molecular weight is 440 g/mol. The number of pyridine rings is 2. The number of benzene rings is 1. The fraction of sp³-hybridized carbons (Fsp3) is 0.240. The van der Waals surface area contributed by atoms with E-state index >= 15 is 0 Å². The molecule has 0 atom stereocenters. The molecule has 33 heavy (non-hydrogen) atoms. The summed E-state index contributed by atoms with van der Waals surface area (Å²) in [6.07, 6.45) is 5.67. The van der Waals surface area contributed by atoms with E-state index in [2.05, 4.69) is 60.6 Å². The van der Waals surface area contributed by atoms with Gasteiger partial charge in [0, 0.05) is 73.4 Å². The molecule has 0 spiro atoms. The van der Waals surface area contributed by atoms with Crippen LogP contribution in [-0.4, -0.2) is 59.0 Å². The molecule has 8 nitrogen and oxygen atoms in total. The van der Waals surface area contributed by atoms with E-state index in [-0.39, 0.29) is 5.91 Å². The van der Waals surface area contributed by atoms with Gasteiger partial charge in [-0.1, -0.05) is 6.07 Å². The Morgan fingerprint density at radius 1 is 0.970 bits per heavy atom. The number of carbonyl (C=O) groups excluding carboxylic acids is 1. The van der Waals surface area contributed by atoms with Crippen molar-refractivity contribution in [1.29, 1.82) is 0 Å². The first-order chi connectivity index (χ1) is 16.1. The van der Waals surface area contributed by atoms with Crippen LogP contribution in [0.4, 0.5) is 17.2 Å². The van der Waals surface area contributed by atoms with Gasteiger partial charge >= 0.3 is 0 Å². The predicted octanol–water partition coefficient (Wildman–Crippen LogP) is 3.36. The zero-order valence-electron chi connectivity index (χ0n) is 18.4. The van der Waals surface area contributed by atoms with Crippen LogP contribution in [0.5, 0.6) is 0 Å². The first-order valence-corrected chi connectivity index (χ1v) is 11.2. The van der Waals surface area contributed by atoms with Crippen molar-refractivity contribution >= 4 is 34.1 Å². The van der Waals surface area contributed by atoms with E-state index in [1.165, 1.54) is 0 Å². The molecule has 0 unspecified atom stereocenters. The minimum Gasteiger partial charge on any atom is -0.354 e. The molecular formula is C25H25N7O. The molecule has 3 N–H and O–H groups in total. The molecule has 8 heteroatoms. The van der Waals surface area contributed by atoms with E-state index in [9.17, 15) is 4.79 Å². The molecule has 1 aromatic carbocycles. The number of piperazine rings is 1. The summed E-state index contributed by atoms with van der Waals surface area (Å²) in [7, 11) is 2.15. The van der Waals surface area contributed by atoms with Crippen molar-refractivity contribution in [3.8, 4) is 11.1 Å². The number of aromatic amines is 1. The molecule has 2 aliphatic heterocycles. The highest BCUT2D eigenvalue weighted by atomic mass is 16.1. The van der Waals surface area contributed by atoms with Gasteiger partial charge in [-0.15, -0.1) is 0 Å². The summed E-state index contributed by atoms with van der Waals surface area (Å²) < 4.78 is 0. The number of hydrogen-bond acceptors (Lipinski definition) is 6. The summed E-state index contributed by atoms with van der Waals surface area (Å²) in [5.74, 6) is 0.989. The second-order valence-corrected chi connectivity index (χ2v) is 8.70. The van der Waals surface area contributed by atoms with Crippen molar-refractivity contribution in [3.05, 3.63) is 66.1 Å². The van der Waals surface area contributed by atoms with Crippen LogP contribution in [0, 0.1) is 0 Å². The van der Waals surface area contributed by atoms with Gasteiger partial charge in [0.05, 0.1) is 11.9 Å². The van der Waals surface area contributed by atoms with Gasteiger partial charge < -0.3 is 25.4 Å². The molecule has 1 saturated heterocycles. The molecule has 0 aliphatic carbocycles. The number of carbonyl (C=O) groups is 1. The fourth-order valence-corrected chi connectivity index (χ4v) is 4.58. The SMILES string of the molecule is CN1CCN(c2cc(Nc3cnc4[nH]cc(-c5ccc6c(c5)CNC6=O)c4c3)ccn2)CC1. The van der Waals surface area contributed by atoms with Crippen molar-refractivity contribution in [2.75, 3.05) is 43.4 Å². The highest BCUT2D eigenvalue weighted by Crippen LogP contribution is 2.32. The Morgan fingerprint density at radius 2 is 1.85 bits per heavy atom. The molecule has 0 radical (unpaired) electrons. The monoisotopic (exact) mass is 439 g/mol. The number of anilines is 3. The number of nitrogens with zero attached hydrogens (tertiary/aromatic N) is 4. The topological polar surface area (TPSA) is 89.2 Å². The number of likely N-dealkylation sites (N-methyl/N-ethyl adjacent to an activating group) is 1. The van der Waals surface area contributed by atoms with E-state index in [0.717, 1.165) is 76.7 Å². The molecule has 166 valence electrons. The Labute approximate surface area is 191 Å². The van der Waals surface area contributed by atoms with Crippen molar-refractivity contribution in [2.45, 2.75) is 6.54 Å². The lowest BCUT2D eigenvalue weighted by Gasteiger charge is -2.33. The van der Waals surface area contributed by atoms with Gasteiger partial charge in [0.2, 0.25) is 0 Å². The van der Waals surface area contributed by atoms with Crippen LogP contribution in [0.2, 0.25) is 0 Å². The minimum absolute atomic E-state index is 0.00285. The summed E-state index contributed by atoms with van der Waals surface area (Å²) in [6.45, 7) is 4.63. The highest BCUT2D eigenvalue weighted by molar-refractivity contribution is 6.00. The van der Waals surface area contributed by atoms with Crippen molar-refractivity contribution in [1.82, 2.24) is 25.2 Å². The van der Waals surface area contributed by atoms with Gasteiger partial charge in [-0.25, -0.2) is 9.97 Å². The summed E-state index contributed by atoms with van der Waals surface area (Å²) >= 11 is 0. The third kappa shape index (κ3) is 3.68. The van der Waals surface area contributed by atoms with Crippen LogP contribution in [0.15, 0.2) is 55.0 Å². The van der Waals surface area contributed by atoms with Gasteiger partial charge in [-0.3, -0.25) is 4.79 Å². The van der Waals surface area contributed by atoms with Crippen LogP contribution >= 0.6 is 0 Å². The molecule has 6 rings (SSSR count). The zero-order chi connectivity index (χ0) is 22.4. The molecule has 0 bridgehead atoms. The predicted molar refractivity (Wildman–Crippen MR) is 130 cm³/mol. The van der Waals surface area contributed by atoms with Gasteiger partial charge in [0.15, 0.2) is 0 Å². The largest absolute Gasteiger partial charge is 0.354 e. The van der Waals surface area contributed by atoms with Crippen LogP contribution in [-0.2, 0) is 6.54 Å². The van der Waals surface area contributed by atoms with Crippen LogP contribution in [0.1, 0.15) is 15.9 Å². The van der Waals surface area contributed by atoms with Gasteiger partial charge in [-0.05, 0) is 42.4 Å². The Bertz CT molecular complexity index is 1350. The molecule has 1 fully saturated rings. The van der Waals surface area contributed by atoms with Gasteiger partial charge in [-0.2, -0.15) is 0 Å². The molecular weight excluding hydrogens is 414 g/mol. The number of aromatic nitrogens is 3. The normalized spacial score (nSPS) is 16.2. The quantitative estimate of drug-likeness (QED) is 0.452. The molecule has 1 amide bonds. The lowest BCUT2D eigenvalue weighted by Crippen LogP contribution is -2.44. The summed E-state index contributed by atoms with van der Waals surface area (Å²) in [5.41, 5.74) is 6.65. The lowest BCUT2D eigenvalue weighted by molar-refractivity contribution is 0.0966. The maximum atomic E-state index is 11.9. The Hall–Kier alpha value is -3.91. The summed E-state index contributed by atoms with van der Waals surface area (Å²) in [5, 5.41) is 7.41. The van der Waals surface area contributed by atoms with E-state index < -0.39 is 0 Å². The molecule has 5 heterocycles. The third-order valence-electron chi connectivity index (χ3n) is 6.49. The Morgan fingerprint density at radius 3 is 2.73 bits per heavy atom. The smallest absolute Gasteiger partial charge is 0.251 e. The van der Waals surface area contributed by atoms with E-state index in [1.54, 1.807) is 0 Å². The number of amides is 1. The van der Waals surface area contributed by atoms with E-state index in [4.69, 9.17) is 0 Å². The summed E-state index contributed by atoms with van der Waals surface area (Å²) in [4.78, 5) is 29.0. The number of rotatable bonds is 4. The number of H-pyrrole nitrogens is 1. The van der Waals surface area contributed by atoms with Crippen LogP contribution in [0.25, 0.3) is 22.2 Å². The van der Waals surface area contributed by atoms with Crippen molar-refractivity contribution in [3.63, 3.8) is 0 Å². The first-order valence-electron chi connectivity index (χ1n) is 11.2. The molecule has 0 saturated carbocycles. The lowest BCUT2D eigenvalue weighted by atomic mass is 10.0. The van der Waals surface area contributed by atoms with E-state index in [1.807, 2.05) is 36.8 Å². The number of hydrogen-bond donors (Lipinski definition) is 3. The second kappa shape index (κ2) is 7.90. The molecule has 4 aromatic rings. The molecule has 2 aliphatic rings. The molecule has 3 aromatic heterocycles. The van der Waals surface area contributed by atoms with Gasteiger partial charge in [0.1, 0.15) is 11.5 Å². The van der Waals surface area contributed by atoms with Crippen LogP contribution in [0.3, 0.4) is 0 Å². The van der Waals surface area contributed by atoms with Crippen LogP contribution < -0.4 is 15.5 Å². The van der Waals surface area contributed by atoms with Gasteiger partial charge in [0.25, 0.3) is 5.91 Å². The third-order valence-corrected chi connectivity index (χ3v) is 6.49. The standard InChI is InChI=1S/C25H25N7O/c1-31-6-8-32(9-7-31)23-12-18(4-5-26-23)30-19-11-21-22(15-28-24(21)27-14-19)16-2-3-20-17(10-16)13-29-25(20)33/h2-5,10-12,14-15H,6-9,13H2,1H3,(H,26,30)(H,27,28)(H,29,33).